The zero-order valence-electron chi connectivity index (χ0n) is 15.9. The van der Waals surface area contributed by atoms with Crippen LogP contribution >= 0.6 is 23.2 Å². The Morgan fingerprint density at radius 3 is 2.60 bits per heavy atom. The van der Waals surface area contributed by atoms with Crippen molar-refractivity contribution < 1.29 is 14.3 Å². The Balaban J connectivity index is 1.61. The second kappa shape index (κ2) is 9.96. The van der Waals surface area contributed by atoms with Gasteiger partial charge >= 0.3 is 6.03 Å². The van der Waals surface area contributed by atoms with E-state index < -0.39 is 6.03 Å². The largest absolute Gasteiger partial charge is 0.457 e. The van der Waals surface area contributed by atoms with Crippen molar-refractivity contribution in [3.05, 3.63) is 82.1 Å². The van der Waals surface area contributed by atoms with Crippen LogP contribution in [0.2, 0.25) is 10.0 Å². The molecule has 1 heterocycles. The number of hydrogen-bond acceptors (Lipinski definition) is 4. The van der Waals surface area contributed by atoms with Crippen LogP contribution in [0.5, 0.6) is 11.5 Å². The van der Waals surface area contributed by atoms with E-state index in [1.807, 2.05) is 6.07 Å². The van der Waals surface area contributed by atoms with Crippen molar-refractivity contribution in [1.82, 2.24) is 15.6 Å². The maximum Gasteiger partial charge on any atom is 0.319 e. The summed E-state index contributed by atoms with van der Waals surface area (Å²) < 4.78 is 5.81. The molecule has 0 aliphatic heterocycles. The predicted molar refractivity (Wildman–Crippen MR) is 116 cm³/mol. The molecule has 1 aromatic heterocycles. The molecular formula is C21H18Cl2N4O3. The molecule has 154 valence electrons. The minimum atomic E-state index is -0.421. The minimum Gasteiger partial charge on any atom is -0.457 e. The van der Waals surface area contributed by atoms with Gasteiger partial charge in [-0.15, -0.1) is 0 Å². The van der Waals surface area contributed by atoms with Gasteiger partial charge in [-0.25, -0.2) is 4.79 Å². The summed E-state index contributed by atoms with van der Waals surface area (Å²) in [4.78, 5) is 27.9. The van der Waals surface area contributed by atoms with Gasteiger partial charge in [0.1, 0.15) is 17.2 Å². The van der Waals surface area contributed by atoms with Crippen molar-refractivity contribution >= 4 is 40.8 Å². The first-order chi connectivity index (χ1) is 14.5. The van der Waals surface area contributed by atoms with Gasteiger partial charge in [0.15, 0.2) is 0 Å². The molecule has 7 nitrogen and oxygen atoms in total. The normalized spacial score (nSPS) is 10.2. The van der Waals surface area contributed by atoms with Gasteiger partial charge in [0.05, 0.1) is 15.7 Å². The molecule has 3 aromatic rings. The molecule has 30 heavy (non-hydrogen) atoms. The highest BCUT2D eigenvalue weighted by molar-refractivity contribution is 6.43. The van der Waals surface area contributed by atoms with Crippen molar-refractivity contribution in [2.75, 3.05) is 12.4 Å². The van der Waals surface area contributed by atoms with E-state index in [4.69, 9.17) is 27.9 Å². The van der Waals surface area contributed by atoms with E-state index in [0.29, 0.717) is 22.2 Å². The number of urea groups is 1. The van der Waals surface area contributed by atoms with E-state index in [9.17, 15) is 9.59 Å². The smallest absolute Gasteiger partial charge is 0.319 e. The molecule has 9 heteroatoms. The second-order valence-corrected chi connectivity index (χ2v) is 6.90. The summed E-state index contributed by atoms with van der Waals surface area (Å²) in [5, 5.41) is 8.55. The summed E-state index contributed by atoms with van der Waals surface area (Å²) >= 11 is 12.0. The number of rotatable bonds is 6. The Labute approximate surface area is 183 Å². The van der Waals surface area contributed by atoms with E-state index in [2.05, 4.69) is 20.9 Å². The topological polar surface area (TPSA) is 92.4 Å². The number of nitrogens with zero attached hydrogens (tertiary/aromatic N) is 1. The Morgan fingerprint density at radius 1 is 1.03 bits per heavy atom. The lowest BCUT2D eigenvalue weighted by Crippen LogP contribution is -2.28. The van der Waals surface area contributed by atoms with Gasteiger partial charge in [0.2, 0.25) is 0 Å². The standard InChI is InChI=1S/C21H18Cl2N4O3/c1-24-20(28)18-11-15(8-9-25-18)30-14-5-2-4-13(10-14)12-26-21(29)27-17-7-3-6-16(22)19(17)23/h2-11H,12H2,1H3,(H,24,28)(H2,26,27,29). The number of aromatic nitrogens is 1. The van der Waals surface area contributed by atoms with Gasteiger partial charge in [0, 0.05) is 25.9 Å². The van der Waals surface area contributed by atoms with Gasteiger partial charge in [-0.3, -0.25) is 9.78 Å². The number of carbonyl (C=O) groups is 2. The number of ether oxygens (including phenoxy) is 1. The third-order valence-electron chi connectivity index (χ3n) is 3.98. The maximum absolute atomic E-state index is 12.2. The first-order valence-electron chi connectivity index (χ1n) is 8.90. The van der Waals surface area contributed by atoms with Crippen molar-refractivity contribution in [2.24, 2.45) is 0 Å². The number of hydrogen-bond donors (Lipinski definition) is 3. The van der Waals surface area contributed by atoms with Gasteiger partial charge in [0.25, 0.3) is 5.91 Å². The Hall–Kier alpha value is -3.29. The number of amides is 3. The highest BCUT2D eigenvalue weighted by Gasteiger charge is 2.09. The molecule has 3 amide bonds. The fraction of sp³-hybridized carbons (Fsp3) is 0.0952. The molecule has 2 aromatic carbocycles. The lowest BCUT2D eigenvalue weighted by atomic mass is 10.2. The Morgan fingerprint density at radius 2 is 1.80 bits per heavy atom. The van der Waals surface area contributed by atoms with Crippen LogP contribution in [0.25, 0.3) is 0 Å². The molecule has 0 radical (unpaired) electrons. The van der Waals surface area contributed by atoms with E-state index in [1.54, 1.807) is 48.5 Å². The van der Waals surface area contributed by atoms with E-state index in [0.717, 1.165) is 5.56 Å². The van der Waals surface area contributed by atoms with Crippen molar-refractivity contribution in [1.29, 1.82) is 0 Å². The Kier molecular flexibility index (Phi) is 7.11. The third-order valence-corrected chi connectivity index (χ3v) is 4.80. The van der Waals surface area contributed by atoms with E-state index in [1.165, 1.54) is 13.2 Å². The lowest BCUT2D eigenvalue weighted by molar-refractivity contribution is 0.0958. The van der Waals surface area contributed by atoms with Crippen molar-refractivity contribution in [3.8, 4) is 11.5 Å². The summed E-state index contributed by atoms with van der Waals surface area (Å²) in [6.07, 6.45) is 1.50. The molecule has 3 rings (SSSR count). The first kappa shape index (κ1) is 21.4. The molecule has 0 bridgehead atoms. The first-order valence-corrected chi connectivity index (χ1v) is 9.65. The molecule has 0 saturated heterocycles. The molecule has 0 aliphatic carbocycles. The number of anilines is 1. The zero-order valence-corrected chi connectivity index (χ0v) is 17.4. The van der Waals surface area contributed by atoms with Crippen LogP contribution in [0.1, 0.15) is 16.1 Å². The van der Waals surface area contributed by atoms with Crippen LogP contribution in [-0.2, 0) is 6.54 Å². The summed E-state index contributed by atoms with van der Waals surface area (Å²) in [7, 11) is 1.53. The highest BCUT2D eigenvalue weighted by atomic mass is 35.5. The van der Waals surface area contributed by atoms with Crippen LogP contribution in [0.15, 0.2) is 60.8 Å². The Bertz CT molecular complexity index is 1080. The monoisotopic (exact) mass is 444 g/mol. The molecule has 0 aliphatic rings. The molecular weight excluding hydrogens is 427 g/mol. The molecule has 3 N–H and O–H groups in total. The molecule has 0 unspecified atom stereocenters. The van der Waals surface area contributed by atoms with E-state index >= 15 is 0 Å². The SMILES string of the molecule is CNC(=O)c1cc(Oc2cccc(CNC(=O)Nc3cccc(Cl)c3Cl)c2)ccn1. The van der Waals surface area contributed by atoms with Gasteiger partial charge in [-0.05, 0) is 35.9 Å². The van der Waals surface area contributed by atoms with Gasteiger partial charge in [-0.1, -0.05) is 41.4 Å². The van der Waals surface area contributed by atoms with Gasteiger partial charge < -0.3 is 20.7 Å². The number of halogens is 2. The van der Waals surface area contributed by atoms with Crippen LogP contribution in [0, 0.1) is 0 Å². The fourth-order valence-electron chi connectivity index (χ4n) is 2.53. The average Bonchev–Trinajstić information content (AvgIpc) is 2.75. The van der Waals surface area contributed by atoms with Crippen LogP contribution < -0.4 is 20.7 Å². The number of carbonyl (C=O) groups excluding carboxylic acids is 2. The van der Waals surface area contributed by atoms with E-state index in [-0.39, 0.29) is 23.2 Å². The zero-order chi connectivity index (χ0) is 21.5. The van der Waals surface area contributed by atoms with Crippen molar-refractivity contribution in [2.45, 2.75) is 6.54 Å². The van der Waals surface area contributed by atoms with Crippen LogP contribution in [0.4, 0.5) is 10.5 Å². The van der Waals surface area contributed by atoms with Crippen molar-refractivity contribution in [3.63, 3.8) is 0 Å². The van der Waals surface area contributed by atoms with Crippen LogP contribution in [-0.4, -0.2) is 24.0 Å². The summed E-state index contributed by atoms with van der Waals surface area (Å²) in [5.74, 6) is 0.730. The summed E-state index contributed by atoms with van der Waals surface area (Å²) in [6, 6.07) is 15.0. The average molecular weight is 445 g/mol. The predicted octanol–water partition coefficient (Wildman–Crippen LogP) is 4.86. The third kappa shape index (κ3) is 5.62. The highest BCUT2D eigenvalue weighted by Crippen LogP contribution is 2.29. The minimum absolute atomic E-state index is 0.254. The summed E-state index contributed by atoms with van der Waals surface area (Å²) in [5.41, 5.74) is 1.49. The quantitative estimate of drug-likeness (QED) is 0.505. The lowest BCUT2D eigenvalue weighted by Gasteiger charge is -2.11. The fourth-order valence-corrected chi connectivity index (χ4v) is 2.88. The number of pyridine rings is 1. The molecule has 0 saturated carbocycles. The molecule has 0 spiro atoms. The number of nitrogens with one attached hydrogen (secondary N) is 3. The summed E-state index contributed by atoms with van der Waals surface area (Å²) in [6.45, 7) is 0.265. The van der Waals surface area contributed by atoms with Gasteiger partial charge in [-0.2, -0.15) is 0 Å². The molecule has 0 fully saturated rings. The van der Waals surface area contributed by atoms with Crippen LogP contribution in [0.3, 0.4) is 0 Å². The number of benzene rings is 2. The maximum atomic E-state index is 12.2. The molecule has 0 atom stereocenters. The second-order valence-electron chi connectivity index (χ2n) is 6.11.